The molecule has 1 amide bonds. The first-order valence-electron chi connectivity index (χ1n) is 10.5. The Bertz CT molecular complexity index is 1350. The van der Waals surface area contributed by atoms with Crippen LogP contribution in [0.25, 0.3) is 10.2 Å². The van der Waals surface area contributed by atoms with Crippen molar-refractivity contribution in [3.05, 3.63) is 87.9 Å². The van der Waals surface area contributed by atoms with Crippen molar-refractivity contribution < 1.29 is 14.3 Å². The van der Waals surface area contributed by atoms with Gasteiger partial charge in [-0.2, -0.15) is 5.01 Å². The second-order valence-corrected chi connectivity index (χ2v) is 10.7. The lowest BCUT2D eigenvalue weighted by Crippen LogP contribution is -2.25. The number of amides is 1. The third kappa shape index (κ3) is 4.68. The summed E-state index contributed by atoms with van der Waals surface area (Å²) in [5, 5.41) is 5.83. The molecule has 0 bridgehead atoms. The number of rotatable bonds is 6. The first-order valence-corrected chi connectivity index (χ1v) is 13.1. The maximum atomic E-state index is 12.4. The van der Waals surface area contributed by atoms with Crippen molar-refractivity contribution in [2.75, 3.05) is 7.11 Å². The number of carbonyl (C=O) groups excluding carboxylic acids is 1. The van der Waals surface area contributed by atoms with Gasteiger partial charge in [-0.25, -0.2) is 4.98 Å². The summed E-state index contributed by atoms with van der Waals surface area (Å²) < 4.78 is 14.9. The molecule has 0 N–H and O–H groups in total. The van der Waals surface area contributed by atoms with Crippen molar-refractivity contribution in [1.29, 1.82) is 0 Å². The number of hydrogen-bond donors (Lipinski definition) is 0. The zero-order valence-corrected chi connectivity index (χ0v) is 21.6. The van der Waals surface area contributed by atoms with Crippen LogP contribution in [0.4, 0.5) is 0 Å². The Labute approximate surface area is 213 Å². The van der Waals surface area contributed by atoms with Crippen LogP contribution in [-0.2, 0) is 15.3 Å². The minimum atomic E-state index is -0.645. The molecule has 0 radical (unpaired) electrons. The van der Waals surface area contributed by atoms with Crippen LogP contribution in [0.5, 0.6) is 5.75 Å². The summed E-state index contributed by atoms with van der Waals surface area (Å²) in [6.45, 7) is 1.48. The average molecular weight is 554 g/mol. The molecule has 5 rings (SSSR count). The van der Waals surface area contributed by atoms with Crippen LogP contribution in [0.2, 0.25) is 0 Å². The molecule has 0 spiro atoms. The summed E-state index contributed by atoms with van der Waals surface area (Å²) in [5.41, 5.74) is 3.63. The van der Waals surface area contributed by atoms with Gasteiger partial charge in [0.05, 0.1) is 17.3 Å². The number of hydrazone groups is 1. The number of halogens is 1. The highest BCUT2D eigenvalue weighted by atomic mass is 79.9. The Hall–Kier alpha value is -2.88. The number of carbonyl (C=O) groups is 1. The largest absolute Gasteiger partial charge is 0.496 e. The molecule has 34 heavy (non-hydrogen) atoms. The van der Waals surface area contributed by atoms with Crippen molar-refractivity contribution in [2.24, 2.45) is 5.10 Å². The van der Waals surface area contributed by atoms with Gasteiger partial charge in [-0.05, 0) is 54.6 Å². The smallest absolute Gasteiger partial charge is 0.243 e. The van der Waals surface area contributed by atoms with E-state index in [-0.39, 0.29) is 5.91 Å². The van der Waals surface area contributed by atoms with Crippen molar-refractivity contribution in [3.63, 3.8) is 0 Å². The van der Waals surface area contributed by atoms with E-state index in [1.54, 1.807) is 30.2 Å². The Balaban J connectivity index is 1.40. The molecular weight excluding hydrogens is 534 g/mol. The highest BCUT2D eigenvalue weighted by molar-refractivity contribution is 9.10. The quantitative estimate of drug-likeness (QED) is 0.252. The second-order valence-electron chi connectivity index (χ2n) is 7.55. The van der Waals surface area contributed by atoms with E-state index in [2.05, 4.69) is 27.1 Å². The fourth-order valence-electron chi connectivity index (χ4n) is 3.61. The molecule has 172 valence electrons. The summed E-state index contributed by atoms with van der Waals surface area (Å²) in [7, 11) is 1.66. The van der Waals surface area contributed by atoms with Crippen LogP contribution in [0.1, 0.15) is 29.8 Å². The lowest BCUT2D eigenvalue weighted by molar-refractivity contribution is -0.135. The normalized spacial score (nSPS) is 15.3. The number of nitrogens with zero attached hydrogens (tertiary/aromatic N) is 3. The molecule has 6 nitrogen and oxygen atoms in total. The van der Waals surface area contributed by atoms with E-state index >= 15 is 0 Å². The fourth-order valence-corrected chi connectivity index (χ4v) is 5.92. The number of thiazole rings is 1. The molecule has 2 heterocycles. The molecule has 1 unspecified atom stereocenters. The van der Waals surface area contributed by atoms with Gasteiger partial charge in [-0.15, -0.1) is 16.4 Å². The van der Waals surface area contributed by atoms with Gasteiger partial charge in [0.2, 0.25) is 18.0 Å². The summed E-state index contributed by atoms with van der Waals surface area (Å²) in [4.78, 5) is 17.1. The monoisotopic (exact) mass is 553 g/mol. The van der Waals surface area contributed by atoms with E-state index in [1.165, 1.54) is 16.6 Å². The van der Waals surface area contributed by atoms with Gasteiger partial charge in [0, 0.05) is 33.8 Å². The van der Waals surface area contributed by atoms with Crippen molar-refractivity contribution in [2.45, 2.75) is 23.2 Å². The van der Waals surface area contributed by atoms with Crippen LogP contribution >= 0.6 is 39.0 Å². The third-order valence-electron chi connectivity index (χ3n) is 5.27. The average Bonchev–Trinajstić information content (AvgIpc) is 3.48. The number of benzene rings is 3. The summed E-state index contributed by atoms with van der Waals surface area (Å²) in [6.07, 6.45) is -0.645. The number of thioether (sulfide) groups is 1. The lowest BCUT2D eigenvalue weighted by Gasteiger charge is -2.20. The molecular formula is C25H20BrN3O3S2. The predicted octanol–water partition coefficient (Wildman–Crippen LogP) is 6.60. The number of para-hydroxylation sites is 1. The Morgan fingerprint density at radius 3 is 2.71 bits per heavy atom. The molecule has 0 saturated carbocycles. The molecule has 4 aromatic rings. The Morgan fingerprint density at radius 1 is 1.18 bits per heavy atom. The molecule has 0 aliphatic carbocycles. The number of aromatic nitrogens is 1. The zero-order valence-electron chi connectivity index (χ0n) is 18.4. The maximum Gasteiger partial charge on any atom is 0.243 e. The topological polar surface area (TPSA) is 64.0 Å². The summed E-state index contributed by atoms with van der Waals surface area (Å²) in [5.74, 6) is 1.66. The van der Waals surface area contributed by atoms with E-state index in [0.29, 0.717) is 11.7 Å². The van der Waals surface area contributed by atoms with Gasteiger partial charge >= 0.3 is 0 Å². The molecule has 1 atom stereocenters. The SMILES string of the molecule is COc1ccc(C2OC(c3ccc(Br)cc3)=NN2C(C)=O)cc1CSc1nc2ccccc2s1. The van der Waals surface area contributed by atoms with Crippen LogP contribution in [0.3, 0.4) is 0 Å². The highest BCUT2D eigenvalue weighted by Gasteiger charge is 2.33. The van der Waals surface area contributed by atoms with Crippen LogP contribution in [-0.4, -0.2) is 28.9 Å². The highest BCUT2D eigenvalue weighted by Crippen LogP contribution is 2.37. The minimum Gasteiger partial charge on any atom is -0.496 e. The number of fused-ring (bicyclic) bond motifs is 1. The minimum absolute atomic E-state index is 0.196. The molecule has 0 fully saturated rings. The summed E-state index contributed by atoms with van der Waals surface area (Å²) in [6, 6.07) is 21.6. The molecule has 1 aromatic heterocycles. The number of hydrogen-bond acceptors (Lipinski definition) is 7. The van der Waals surface area contributed by atoms with E-state index in [9.17, 15) is 4.79 Å². The fraction of sp³-hybridized carbons (Fsp3) is 0.160. The third-order valence-corrected chi connectivity index (χ3v) is 8.03. The van der Waals surface area contributed by atoms with E-state index < -0.39 is 6.23 Å². The van der Waals surface area contributed by atoms with Gasteiger partial charge in [0.1, 0.15) is 5.75 Å². The number of ether oxygens (including phenoxy) is 2. The first kappa shape index (κ1) is 22.9. The van der Waals surface area contributed by atoms with Crippen LogP contribution in [0.15, 0.2) is 80.6 Å². The molecule has 3 aromatic carbocycles. The van der Waals surface area contributed by atoms with Gasteiger partial charge in [-0.3, -0.25) is 4.79 Å². The van der Waals surface area contributed by atoms with Crippen molar-refractivity contribution >= 4 is 61.1 Å². The first-order chi connectivity index (χ1) is 16.5. The van der Waals surface area contributed by atoms with Gasteiger partial charge in [0.25, 0.3) is 0 Å². The van der Waals surface area contributed by atoms with Gasteiger partial charge in [0.15, 0.2) is 4.34 Å². The molecule has 0 saturated heterocycles. The molecule has 9 heteroatoms. The van der Waals surface area contributed by atoms with Gasteiger partial charge < -0.3 is 9.47 Å². The molecule has 1 aliphatic heterocycles. The van der Waals surface area contributed by atoms with Crippen LogP contribution < -0.4 is 4.74 Å². The number of methoxy groups -OCH3 is 1. The van der Waals surface area contributed by atoms with E-state index in [0.717, 1.165) is 36.8 Å². The predicted molar refractivity (Wildman–Crippen MR) is 139 cm³/mol. The van der Waals surface area contributed by atoms with Gasteiger partial charge in [-0.1, -0.05) is 39.8 Å². The van der Waals surface area contributed by atoms with E-state index in [1.807, 2.05) is 60.7 Å². The van der Waals surface area contributed by atoms with Crippen molar-refractivity contribution in [1.82, 2.24) is 9.99 Å². The summed E-state index contributed by atoms with van der Waals surface area (Å²) >= 11 is 6.77. The lowest BCUT2D eigenvalue weighted by atomic mass is 10.1. The van der Waals surface area contributed by atoms with Crippen molar-refractivity contribution in [3.8, 4) is 5.75 Å². The van der Waals surface area contributed by atoms with Crippen LogP contribution in [0, 0.1) is 0 Å². The Morgan fingerprint density at radius 2 is 1.97 bits per heavy atom. The zero-order chi connectivity index (χ0) is 23.7. The standard InChI is InChI=1S/C25H20BrN3O3S2/c1-15(30)29-24(32-23(28-29)16-7-10-19(26)11-8-16)17-9-12-21(31-2)18(13-17)14-33-25-27-20-5-3-4-6-22(20)34-25/h3-13,24H,14H2,1-2H3. The maximum absolute atomic E-state index is 12.4. The second kappa shape index (κ2) is 9.77. The Kier molecular flexibility index (Phi) is 6.58. The van der Waals surface area contributed by atoms with E-state index in [4.69, 9.17) is 14.5 Å². The molecule has 1 aliphatic rings.